The zero-order valence-corrected chi connectivity index (χ0v) is 12.4. The average molecular weight is 266 g/mol. The van der Waals surface area contributed by atoms with Crippen molar-refractivity contribution in [2.24, 2.45) is 5.73 Å². The molecule has 0 saturated heterocycles. The molecule has 0 aliphatic carbocycles. The highest BCUT2D eigenvalue weighted by molar-refractivity contribution is 7.98. The van der Waals surface area contributed by atoms with Gasteiger partial charge in [0.25, 0.3) is 0 Å². The van der Waals surface area contributed by atoms with Crippen LogP contribution >= 0.6 is 11.8 Å². The maximum Gasteiger partial charge on any atom is 0.241 e. The summed E-state index contributed by atoms with van der Waals surface area (Å²) in [7, 11) is 0. The first-order chi connectivity index (χ1) is 8.45. The lowest BCUT2D eigenvalue weighted by Crippen LogP contribution is -2.36. The van der Waals surface area contributed by atoms with Crippen LogP contribution in [0.3, 0.4) is 0 Å². The maximum atomic E-state index is 12.0. The van der Waals surface area contributed by atoms with Gasteiger partial charge in [-0.2, -0.15) is 11.8 Å². The average Bonchev–Trinajstić information content (AvgIpc) is 2.30. The third kappa shape index (κ3) is 4.03. The first kappa shape index (κ1) is 15.1. The third-order valence-corrected chi connectivity index (χ3v) is 3.54. The molecule has 0 heterocycles. The second-order valence-corrected chi connectivity index (χ2v) is 5.64. The number of rotatable bonds is 5. The molecule has 0 aromatic heterocycles. The van der Waals surface area contributed by atoms with Crippen molar-refractivity contribution in [2.75, 3.05) is 17.3 Å². The minimum atomic E-state index is -0.433. The Bertz CT molecular complexity index is 409. The largest absolute Gasteiger partial charge is 0.324 e. The monoisotopic (exact) mass is 266 g/mol. The van der Waals surface area contributed by atoms with E-state index in [9.17, 15) is 4.79 Å². The van der Waals surface area contributed by atoms with Crippen molar-refractivity contribution >= 4 is 23.4 Å². The zero-order valence-electron chi connectivity index (χ0n) is 11.5. The van der Waals surface area contributed by atoms with E-state index in [1.54, 1.807) is 11.8 Å². The summed E-state index contributed by atoms with van der Waals surface area (Å²) in [5, 5.41) is 2.94. The maximum absolute atomic E-state index is 12.0. The van der Waals surface area contributed by atoms with Crippen LogP contribution in [0, 0.1) is 20.8 Å². The van der Waals surface area contributed by atoms with Crippen molar-refractivity contribution in [2.45, 2.75) is 33.2 Å². The van der Waals surface area contributed by atoms with Gasteiger partial charge in [-0.25, -0.2) is 0 Å². The topological polar surface area (TPSA) is 55.1 Å². The molecule has 1 amide bonds. The summed E-state index contributed by atoms with van der Waals surface area (Å²) in [6.07, 6.45) is 2.72. The van der Waals surface area contributed by atoms with Crippen LogP contribution in [0.1, 0.15) is 23.1 Å². The normalized spacial score (nSPS) is 12.3. The second kappa shape index (κ2) is 6.81. The lowest BCUT2D eigenvalue weighted by atomic mass is 10.0. The van der Waals surface area contributed by atoms with Crippen LogP contribution in [0.4, 0.5) is 5.69 Å². The van der Waals surface area contributed by atoms with Gasteiger partial charge in [0.2, 0.25) is 5.91 Å². The fourth-order valence-corrected chi connectivity index (χ4v) is 2.46. The zero-order chi connectivity index (χ0) is 13.7. The molecule has 0 fully saturated rings. The van der Waals surface area contributed by atoms with E-state index in [2.05, 4.69) is 24.4 Å². The summed E-state index contributed by atoms with van der Waals surface area (Å²) in [5.41, 5.74) is 10.1. The lowest BCUT2D eigenvalue weighted by molar-refractivity contribution is -0.117. The van der Waals surface area contributed by atoms with Crippen molar-refractivity contribution in [3.05, 3.63) is 28.8 Å². The molecule has 0 saturated carbocycles. The molecule has 1 atom stereocenters. The van der Waals surface area contributed by atoms with Crippen molar-refractivity contribution in [3.8, 4) is 0 Å². The number of hydrogen-bond acceptors (Lipinski definition) is 3. The number of anilines is 1. The van der Waals surface area contributed by atoms with Crippen molar-refractivity contribution < 1.29 is 4.79 Å². The summed E-state index contributed by atoms with van der Waals surface area (Å²) in [4.78, 5) is 12.0. The van der Waals surface area contributed by atoms with Gasteiger partial charge < -0.3 is 11.1 Å². The standard InChI is InChI=1S/C14H22N2OS/c1-9-7-10(2)13(11(3)8-9)16-14(17)12(15)5-6-18-4/h7-8,12H,5-6,15H2,1-4H3,(H,16,17)/t12-/m1/s1. The Kier molecular flexibility index (Phi) is 5.69. The Morgan fingerprint density at radius 1 is 1.33 bits per heavy atom. The van der Waals surface area contributed by atoms with Gasteiger partial charge in [0.15, 0.2) is 0 Å². The molecule has 18 heavy (non-hydrogen) atoms. The second-order valence-electron chi connectivity index (χ2n) is 4.65. The summed E-state index contributed by atoms with van der Waals surface area (Å²) >= 11 is 1.70. The Balaban J connectivity index is 2.76. The molecule has 0 unspecified atom stereocenters. The SMILES string of the molecule is CSCC[C@@H](N)C(=O)Nc1c(C)cc(C)cc1C. The van der Waals surface area contributed by atoms with E-state index in [0.29, 0.717) is 6.42 Å². The number of hydrogen-bond donors (Lipinski definition) is 2. The Labute approximate surface area is 114 Å². The number of carbonyl (C=O) groups is 1. The fourth-order valence-electron chi connectivity index (χ4n) is 1.97. The smallest absolute Gasteiger partial charge is 0.241 e. The molecule has 0 aliphatic heterocycles. The van der Waals surface area contributed by atoms with Crippen LogP contribution < -0.4 is 11.1 Å². The van der Waals surface area contributed by atoms with Crippen LogP contribution in [-0.4, -0.2) is 24.0 Å². The molecule has 1 aromatic carbocycles. The van der Waals surface area contributed by atoms with Crippen LogP contribution in [0.15, 0.2) is 12.1 Å². The van der Waals surface area contributed by atoms with Gasteiger partial charge in [-0.15, -0.1) is 0 Å². The molecular formula is C14H22N2OS. The van der Waals surface area contributed by atoms with E-state index in [-0.39, 0.29) is 5.91 Å². The van der Waals surface area contributed by atoms with E-state index in [0.717, 1.165) is 22.6 Å². The minimum absolute atomic E-state index is 0.0981. The molecule has 3 nitrogen and oxygen atoms in total. The van der Waals surface area contributed by atoms with Gasteiger partial charge in [-0.1, -0.05) is 17.7 Å². The minimum Gasteiger partial charge on any atom is -0.324 e. The van der Waals surface area contributed by atoms with Crippen LogP contribution in [0.25, 0.3) is 0 Å². The summed E-state index contributed by atoms with van der Waals surface area (Å²) in [6, 6.07) is 3.70. The van der Waals surface area contributed by atoms with E-state index >= 15 is 0 Å². The lowest BCUT2D eigenvalue weighted by Gasteiger charge is -2.16. The Morgan fingerprint density at radius 2 is 1.89 bits per heavy atom. The first-order valence-corrected chi connectivity index (χ1v) is 7.48. The van der Waals surface area contributed by atoms with Gasteiger partial charge in [0.05, 0.1) is 6.04 Å². The summed E-state index contributed by atoms with van der Waals surface area (Å²) in [6.45, 7) is 6.06. The van der Waals surface area contributed by atoms with Crippen molar-refractivity contribution in [1.82, 2.24) is 0 Å². The predicted octanol–water partition coefficient (Wildman–Crippen LogP) is 2.63. The molecule has 4 heteroatoms. The highest BCUT2D eigenvalue weighted by Crippen LogP contribution is 2.22. The van der Waals surface area contributed by atoms with Crippen LogP contribution in [-0.2, 0) is 4.79 Å². The molecular weight excluding hydrogens is 244 g/mol. The van der Waals surface area contributed by atoms with E-state index < -0.39 is 6.04 Å². The quantitative estimate of drug-likeness (QED) is 0.861. The summed E-state index contributed by atoms with van der Waals surface area (Å²) in [5.74, 6) is 0.805. The molecule has 0 radical (unpaired) electrons. The number of nitrogens with one attached hydrogen (secondary N) is 1. The molecule has 0 bridgehead atoms. The van der Waals surface area contributed by atoms with E-state index in [4.69, 9.17) is 5.73 Å². The van der Waals surface area contributed by atoms with Gasteiger partial charge in [-0.3, -0.25) is 4.79 Å². The molecule has 0 aliphatic rings. The number of carbonyl (C=O) groups excluding carboxylic acids is 1. The number of amides is 1. The summed E-state index contributed by atoms with van der Waals surface area (Å²) < 4.78 is 0. The van der Waals surface area contributed by atoms with Gasteiger partial charge in [-0.05, 0) is 50.3 Å². The van der Waals surface area contributed by atoms with E-state index in [1.807, 2.05) is 20.1 Å². The van der Waals surface area contributed by atoms with E-state index in [1.165, 1.54) is 5.56 Å². The fraction of sp³-hybridized carbons (Fsp3) is 0.500. The number of benzene rings is 1. The highest BCUT2D eigenvalue weighted by Gasteiger charge is 2.15. The van der Waals surface area contributed by atoms with Gasteiger partial charge >= 0.3 is 0 Å². The highest BCUT2D eigenvalue weighted by atomic mass is 32.2. The number of nitrogens with two attached hydrogens (primary N) is 1. The predicted molar refractivity (Wildman–Crippen MR) is 80.3 cm³/mol. The molecule has 100 valence electrons. The molecule has 0 spiro atoms. The van der Waals surface area contributed by atoms with Crippen LogP contribution in [0.5, 0.6) is 0 Å². The molecule has 3 N–H and O–H groups in total. The van der Waals surface area contributed by atoms with Crippen molar-refractivity contribution in [3.63, 3.8) is 0 Å². The van der Waals surface area contributed by atoms with Gasteiger partial charge in [0.1, 0.15) is 0 Å². The molecule has 1 aromatic rings. The molecule has 1 rings (SSSR count). The van der Waals surface area contributed by atoms with Crippen LogP contribution in [0.2, 0.25) is 0 Å². The first-order valence-electron chi connectivity index (χ1n) is 6.09. The third-order valence-electron chi connectivity index (χ3n) is 2.89. The van der Waals surface area contributed by atoms with Gasteiger partial charge in [0, 0.05) is 5.69 Å². The van der Waals surface area contributed by atoms with Crippen molar-refractivity contribution in [1.29, 1.82) is 0 Å². The number of aryl methyl sites for hydroxylation is 3. The Hall–Kier alpha value is -1.00. The number of thioether (sulfide) groups is 1. The Morgan fingerprint density at radius 3 is 2.39 bits per heavy atom.